The smallest absolute Gasteiger partial charge is 0.0847 e. The van der Waals surface area contributed by atoms with Gasteiger partial charge in [-0.05, 0) is 48.2 Å². The number of rotatable bonds is 2. The van der Waals surface area contributed by atoms with Crippen molar-refractivity contribution in [2.24, 2.45) is 0 Å². The molecule has 0 bridgehead atoms. The van der Waals surface area contributed by atoms with Crippen LogP contribution in [0.5, 0.6) is 0 Å². The van der Waals surface area contributed by atoms with Gasteiger partial charge in [-0.1, -0.05) is 58.5 Å². The van der Waals surface area contributed by atoms with Crippen LogP contribution >= 0.6 is 58.0 Å². The molecule has 122 valence electrons. The quantitative estimate of drug-likeness (QED) is 0.466. The van der Waals surface area contributed by atoms with Crippen LogP contribution in [0.25, 0.3) is 0 Å². The van der Waals surface area contributed by atoms with E-state index in [2.05, 4.69) is 0 Å². The van der Waals surface area contributed by atoms with Gasteiger partial charge >= 0.3 is 0 Å². The summed E-state index contributed by atoms with van der Waals surface area (Å²) < 4.78 is 6.23. The van der Waals surface area contributed by atoms with E-state index in [1.54, 1.807) is 12.1 Å². The highest BCUT2D eigenvalue weighted by Gasteiger charge is 2.30. The number of hydrogen-bond donors (Lipinski definition) is 0. The third-order valence-electron chi connectivity index (χ3n) is 3.90. The summed E-state index contributed by atoms with van der Waals surface area (Å²) in [6.45, 7) is 0. The van der Waals surface area contributed by atoms with Gasteiger partial charge in [-0.2, -0.15) is 0 Å². The average molecular weight is 411 g/mol. The van der Waals surface area contributed by atoms with Crippen molar-refractivity contribution < 1.29 is 4.74 Å². The zero-order chi connectivity index (χ0) is 16.6. The fourth-order valence-corrected chi connectivity index (χ4v) is 3.66. The lowest BCUT2D eigenvalue weighted by Crippen LogP contribution is -2.23. The summed E-state index contributed by atoms with van der Waals surface area (Å²) in [6, 6.07) is 11.0. The van der Waals surface area contributed by atoms with E-state index in [0.717, 1.165) is 24.0 Å². The van der Waals surface area contributed by atoms with Gasteiger partial charge in [0.05, 0.1) is 32.3 Å². The number of benzene rings is 2. The van der Waals surface area contributed by atoms with Crippen molar-refractivity contribution in [2.75, 3.05) is 0 Å². The van der Waals surface area contributed by atoms with Gasteiger partial charge in [0.1, 0.15) is 0 Å². The maximum Gasteiger partial charge on any atom is 0.0847 e. The van der Waals surface area contributed by atoms with Crippen molar-refractivity contribution in [3.63, 3.8) is 0 Å². The van der Waals surface area contributed by atoms with Crippen LogP contribution in [0.1, 0.15) is 36.2 Å². The minimum atomic E-state index is -0.138. The van der Waals surface area contributed by atoms with Crippen LogP contribution < -0.4 is 0 Å². The van der Waals surface area contributed by atoms with Crippen LogP contribution in [-0.2, 0) is 4.74 Å². The summed E-state index contributed by atoms with van der Waals surface area (Å²) in [5, 5.41) is 2.07. The number of hydrogen-bond acceptors (Lipinski definition) is 1. The predicted octanol–water partition coefficient (Wildman–Crippen LogP) is 7.50. The lowest BCUT2D eigenvalue weighted by molar-refractivity contribution is -0.0516. The van der Waals surface area contributed by atoms with E-state index < -0.39 is 0 Å². The third-order valence-corrected chi connectivity index (χ3v) is 5.73. The predicted molar refractivity (Wildman–Crippen MR) is 98.4 cm³/mol. The maximum absolute atomic E-state index is 6.45. The molecule has 0 aromatic heterocycles. The molecule has 6 heteroatoms. The standard InChI is InChI=1S/C17H13Cl5O/c18-11-7-16(9-1-3-12(19)14(21)5-9)23-17(8-11)10-2-4-13(20)15(22)6-10/h1-6,11,16-17H,7-8H2. The normalized spacial score (nSPS) is 24.7. The first-order chi connectivity index (χ1) is 10.9. The molecule has 1 nitrogen and oxygen atoms in total. The van der Waals surface area contributed by atoms with Gasteiger partial charge in [-0.15, -0.1) is 11.6 Å². The molecule has 1 aliphatic rings. The molecule has 3 rings (SSSR count). The Morgan fingerprint density at radius 1 is 0.696 bits per heavy atom. The Morgan fingerprint density at radius 2 is 1.13 bits per heavy atom. The van der Waals surface area contributed by atoms with Crippen molar-refractivity contribution in [2.45, 2.75) is 30.4 Å². The Bertz CT molecular complexity index is 659. The molecule has 2 unspecified atom stereocenters. The lowest BCUT2D eigenvalue weighted by Gasteiger charge is -2.33. The van der Waals surface area contributed by atoms with Crippen molar-refractivity contribution >= 4 is 58.0 Å². The van der Waals surface area contributed by atoms with E-state index in [-0.39, 0.29) is 17.6 Å². The molecule has 0 N–H and O–H groups in total. The van der Waals surface area contributed by atoms with E-state index >= 15 is 0 Å². The molecule has 1 heterocycles. The highest BCUT2D eigenvalue weighted by atomic mass is 35.5. The largest absolute Gasteiger partial charge is 0.365 e. The Labute approximate surface area is 160 Å². The first-order valence-corrected chi connectivity index (χ1v) is 9.08. The molecule has 1 fully saturated rings. The fraction of sp³-hybridized carbons (Fsp3) is 0.294. The van der Waals surface area contributed by atoms with Gasteiger partial charge in [-0.25, -0.2) is 0 Å². The molecule has 23 heavy (non-hydrogen) atoms. The van der Waals surface area contributed by atoms with E-state index in [1.165, 1.54) is 0 Å². The van der Waals surface area contributed by atoms with Crippen molar-refractivity contribution in [1.29, 1.82) is 0 Å². The summed E-state index contributed by atoms with van der Waals surface area (Å²) in [5.41, 5.74) is 1.93. The van der Waals surface area contributed by atoms with Crippen molar-refractivity contribution in [1.82, 2.24) is 0 Å². The Balaban J connectivity index is 1.86. The van der Waals surface area contributed by atoms with Crippen LogP contribution in [0, 0.1) is 0 Å². The van der Waals surface area contributed by atoms with Crippen LogP contribution in [0.4, 0.5) is 0 Å². The molecule has 0 aliphatic carbocycles. The second kappa shape index (κ2) is 7.39. The van der Waals surface area contributed by atoms with Gasteiger partial charge < -0.3 is 4.74 Å². The van der Waals surface area contributed by atoms with Crippen LogP contribution in [0.2, 0.25) is 20.1 Å². The number of alkyl halides is 1. The maximum atomic E-state index is 6.45. The molecule has 1 saturated heterocycles. The summed E-state index contributed by atoms with van der Waals surface area (Å²) in [4.78, 5) is 0. The highest BCUT2D eigenvalue weighted by Crippen LogP contribution is 2.42. The van der Waals surface area contributed by atoms with Crippen LogP contribution in [-0.4, -0.2) is 5.38 Å². The second-order valence-corrected chi connectivity index (χ2v) is 7.78. The molecule has 0 spiro atoms. The molecular formula is C17H13Cl5O. The molecule has 0 radical (unpaired) electrons. The van der Waals surface area contributed by atoms with Gasteiger partial charge in [0, 0.05) is 5.38 Å². The van der Waals surface area contributed by atoms with Crippen LogP contribution in [0.3, 0.4) is 0 Å². The first-order valence-electron chi connectivity index (χ1n) is 7.13. The number of halogens is 5. The van der Waals surface area contributed by atoms with E-state index in [9.17, 15) is 0 Å². The topological polar surface area (TPSA) is 9.23 Å². The highest BCUT2D eigenvalue weighted by molar-refractivity contribution is 6.42. The molecule has 1 aliphatic heterocycles. The van der Waals surface area contributed by atoms with Gasteiger partial charge in [0.25, 0.3) is 0 Å². The zero-order valence-electron chi connectivity index (χ0n) is 11.9. The summed E-state index contributed by atoms with van der Waals surface area (Å²) in [5.74, 6) is 0. The first kappa shape index (κ1) is 17.7. The van der Waals surface area contributed by atoms with E-state index in [1.807, 2.05) is 24.3 Å². The third kappa shape index (κ3) is 4.10. The van der Waals surface area contributed by atoms with E-state index in [4.69, 9.17) is 62.7 Å². The molecular weight excluding hydrogens is 397 g/mol. The lowest BCUT2D eigenvalue weighted by atomic mass is 9.94. The average Bonchev–Trinajstić information content (AvgIpc) is 2.52. The summed E-state index contributed by atoms with van der Waals surface area (Å²) >= 11 is 30.6. The molecule has 0 amide bonds. The SMILES string of the molecule is Clc1ccc(C2CC(Cl)CC(c3ccc(Cl)c(Cl)c3)O2)cc1Cl. The minimum Gasteiger partial charge on any atom is -0.365 e. The van der Waals surface area contributed by atoms with Crippen molar-refractivity contribution in [3.05, 3.63) is 67.6 Å². The fourth-order valence-electron chi connectivity index (χ4n) is 2.72. The second-order valence-electron chi connectivity index (χ2n) is 5.53. The summed E-state index contributed by atoms with van der Waals surface area (Å²) in [6.07, 6.45) is 1.16. The molecule has 2 atom stereocenters. The van der Waals surface area contributed by atoms with Gasteiger partial charge in [0.2, 0.25) is 0 Å². The van der Waals surface area contributed by atoms with Crippen molar-refractivity contribution in [3.8, 4) is 0 Å². The van der Waals surface area contributed by atoms with Crippen LogP contribution in [0.15, 0.2) is 36.4 Å². The van der Waals surface area contributed by atoms with Gasteiger partial charge in [-0.3, -0.25) is 0 Å². The molecule has 2 aromatic rings. The Hall–Kier alpha value is -0.150. The van der Waals surface area contributed by atoms with Gasteiger partial charge in [0.15, 0.2) is 0 Å². The monoisotopic (exact) mass is 408 g/mol. The molecule has 0 saturated carbocycles. The number of ether oxygens (including phenoxy) is 1. The van der Waals surface area contributed by atoms with E-state index in [0.29, 0.717) is 20.1 Å². The summed E-state index contributed by atoms with van der Waals surface area (Å²) in [7, 11) is 0. The minimum absolute atomic E-state index is 0.00246. The Kier molecular flexibility index (Phi) is 5.68. The zero-order valence-corrected chi connectivity index (χ0v) is 15.7. The molecule has 2 aromatic carbocycles. The Morgan fingerprint density at radius 3 is 1.52 bits per heavy atom.